The van der Waals surface area contributed by atoms with E-state index in [0.717, 1.165) is 24.2 Å². The topological polar surface area (TPSA) is 110 Å². The molecule has 2 N–H and O–H groups in total. The molecule has 0 spiro atoms. The van der Waals surface area contributed by atoms with Gasteiger partial charge in [0.2, 0.25) is 5.82 Å². The summed E-state index contributed by atoms with van der Waals surface area (Å²) in [7, 11) is 0. The number of Topliss-reactive ketones (excluding diaryl/α,β-unsaturated/α-hetero) is 1. The molecule has 0 atom stereocenters. The number of nitrogens with zero attached hydrogens (tertiary/aromatic N) is 3. The van der Waals surface area contributed by atoms with Crippen LogP contribution in [0.4, 0.5) is 0 Å². The summed E-state index contributed by atoms with van der Waals surface area (Å²) in [6.07, 6.45) is 1.62. The van der Waals surface area contributed by atoms with Gasteiger partial charge in [0, 0.05) is 5.56 Å². The maximum Gasteiger partial charge on any atom is 0.204 e. The first-order valence-electron chi connectivity index (χ1n) is 8.68. The number of aromatic hydroxyl groups is 1. The summed E-state index contributed by atoms with van der Waals surface area (Å²) < 4.78 is 12.0. The molecule has 0 fully saturated rings. The number of H-pyrrole nitrogens is 1. The number of phenols is 1. The molecule has 0 amide bonds. The molecule has 0 aliphatic carbocycles. The predicted molar refractivity (Wildman–Crippen MR) is 111 cm³/mol. The minimum absolute atomic E-state index is 0.0294. The minimum Gasteiger partial charge on any atom is -0.506 e. The zero-order chi connectivity index (χ0) is 19.9. The number of unbranched alkanes of at least 4 members (excludes halogenated alkanes) is 1. The Morgan fingerprint density at radius 2 is 1.82 bits per heavy atom. The molecule has 1 heterocycles. The zero-order valence-corrected chi connectivity index (χ0v) is 17.3. The molecular weight excluding hydrogens is 475 g/mol. The average molecular weight is 494 g/mol. The number of aromatic amines is 1. The van der Waals surface area contributed by atoms with Crippen molar-refractivity contribution in [1.29, 1.82) is 0 Å². The van der Waals surface area contributed by atoms with Gasteiger partial charge in [0.15, 0.2) is 5.78 Å². The van der Waals surface area contributed by atoms with Crippen molar-refractivity contribution >= 4 is 28.4 Å². The second kappa shape index (κ2) is 9.49. The van der Waals surface area contributed by atoms with E-state index in [1.807, 2.05) is 46.9 Å². The highest BCUT2D eigenvalue weighted by atomic mass is 127. The van der Waals surface area contributed by atoms with Crippen molar-refractivity contribution in [1.82, 2.24) is 20.6 Å². The highest BCUT2D eigenvalue weighted by Crippen LogP contribution is 2.33. The van der Waals surface area contributed by atoms with Crippen molar-refractivity contribution in [3.8, 4) is 28.6 Å². The largest absolute Gasteiger partial charge is 0.506 e. The first kappa shape index (κ1) is 20.1. The second-order valence-corrected chi connectivity index (χ2v) is 7.07. The van der Waals surface area contributed by atoms with Crippen molar-refractivity contribution in [3.05, 3.63) is 45.5 Å². The quantitative estimate of drug-likeness (QED) is 0.266. The fourth-order valence-corrected chi connectivity index (χ4v) is 3.13. The van der Waals surface area contributed by atoms with Gasteiger partial charge in [0.05, 0.1) is 22.3 Å². The number of hydrogen-bond acceptors (Lipinski definition) is 7. The van der Waals surface area contributed by atoms with Gasteiger partial charge in [0.1, 0.15) is 17.2 Å². The molecule has 1 aromatic heterocycles. The lowest BCUT2D eigenvalue weighted by atomic mass is 10.1. The summed E-state index contributed by atoms with van der Waals surface area (Å²) in [4.78, 5) is 11.4. The van der Waals surface area contributed by atoms with Crippen LogP contribution in [-0.4, -0.2) is 44.7 Å². The van der Waals surface area contributed by atoms with Crippen molar-refractivity contribution in [2.24, 2.45) is 0 Å². The molecule has 0 radical (unpaired) electrons. The Morgan fingerprint density at radius 1 is 1.11 bits per heavy atom. The molecule has 0 aliphatic heterocycles. The monoisotopic (exact) mass is 494 g/mol. The Labute approximate surface area is 175 Å². The molecule has 146 valence electrons. The van der Waals surface area contributed by atoms with E-state index in [4.69, 9.17) is 9.47 Å². The van der Waals surface area contributed by atoms with E-state index in [1.165, 1.54) is 6.92 Å². The highest BCUT2D eigenvalue weighted by Gasteiger charge is 2.14. The number of phenolic OH excluding ortho intramolecular Hbond substituents is 1. The Morgan fingerprint density at radius 3 is 2.46 bits per heavy atom. The number of hydrogen-bond donors (Lipinski definition) is 2. The Bertz CT molecular complexity index is 930. The number of carbonyl (C=O) groups is 1. The minimum atomic E-state index is -0.176. The SMILES string of the molecule is CC(=O)c1ccc(OCCCCOc2ccc(-c3nn[nH]n3)cc2)c(I)c1O. The third-order valence-corrected chi connectivity index (χ3v) is 5.03. The maximum absolute atomic E-state index is 11.4. The summed E-state index contributed by atoms with van der Waals surface area (Å²) >= 11 is 1.98. The van der Waals surface area contributed by atoms with Crippen LogP contribution in [0.25, 0.3) is 11.4 Å². The van der Waals surface area contributed by atoms with Crippen molar-refractivity contribution in [3.63, 3.8) is 0 Å². The van der Waals surface area contributed by atoms with Gasteiger partial charge in [-0.15, -0.1) is 10.2 Å². The van der Waals surface area contributed by atoms with Crippen LogP contribution in [0.3, 0.4) is 0 Å². The molecule has 3 aromatic rings. The third kappa shape index (κ3) is 4.97. The molecule has 2 aromatic carbocycles. The number of carbonyl (C=O) groups excluding carboxylic acids is 1. The van der Waals surface area contributed by atoms with Crippen LogP contribution in [0.15, 0.2) is 36.4 Å². The van der Waals surface area contributed by atoms with E-state index in [0.29, 0.717) is 33.9 Å². The Balaban J connectivity index is 1.40. The van der Waals surface area contributed by atoms with E-state index in [-0.39, 0.29) is 11.5 Å². The molecular formula is C19H19IN4O4. The average Bonchev–Trinajstić information content (AvgIpc) is 3.22. The molecule has 3 rings (SSSR count). The first-order valence-corrected chi connectivity index (χ1v) is 9.76. The highest BCUT2D eigenvalue weighted by molar-refractivity contribution is 14.1. The van der Waals surface area contributed by atoms with Crippen LogP contribution in [0, 0.1) is 3.57 Å². The standard InChI is InChI=1S/C19H19IN4O4/c1-12(25)15-8-9-16(17(20)18(15)26)28-11-3-2-10-27-14-6-4-13(5-7-14)19-21-23-24-22-19/h4-9,26H,2-3,10-11H2,1H3,(H,21,22,23,24). The molecule has 8 nitrogen and oxygen atoms in total. The number of ether oxygens (including phenoxy) is 2. The summed E-state index contributed by atoms with van der Waals surface area (Å²) in [6, 6.07) is 10.8. The number of tetrazole rings is 1. The van der Waals surface area contributed by atoms with Crippen LogP contribution in [0.2, 0.25) is 0 Å². The summed E-state index contributed by atoms with van der Waals surface area (Å²) in [6.45, 7) is 2.48. The van der Waals surface area contributed by atoms with E-state index < -0.39 is 0 Å². The van der Waals surface area contributed by atoms with Crippen molar-refractivity contribution < 1.29 is 19.4 Å². The van der Waals surface area contributed by atoms with E-state index in [1.54, 1.807) is 12.1 Å². The summed E-state index contributed by atoms with van der Waals surface area (Å²) in [5, 5.41) is 23.9. The van der Waals surface area contributed by atoms with Gasteiger partial charge < -0.3 is 14.6 Å². The number of halogens is 1. The molecule has 0 saturated heterocycles. The molecule has 9 heteroatoms. The van der Waals surface area contributed by atoms with Crippen molar-refractivity contribution in [2.75, 3.05) is 13.2 Å². The van der Waals surface area contributed by atoms with Gasteiger partial charge >= 0.3 is 0 Å². The van der Waals surface area contributed by atoms with E-state index in [9.17, 15) is 9.90 Å². The number of rotatable bonds is 9. The molecule has 0 saturated carbocycles. The number of aromatic nitrogens is 4. The number of benzene rings is 2. The van der Waals surface area contributed by atoms with Gasteiger partial charge in [-0.3, -0.25) is 4.79 Å². The third-order valence-electron chi connectivity index (χ3n) is 3.98. The maximum atomic E-state index is 11.4. The fraction of sp³-hybridized carbons (Fsp3) is 0.263. The molecule has 0 aliphatic rings. The lowest BCUT2D eigenvalue weighted by Crippen LogP contribution is -2.04. The Kier molecular flexibility index (Phi) is 6.80. The first-order chi connectivity index (χ1) is 13.6. The fourth-order valence-electron chi connectivity index (χ4n) is 2.50. The van der Waals surface area contributed by atoms with Crippen LogP contribution in [0.5, 0.6) is 17.2 Å². The van der Waals surface area contributed by atoms with E-state index >= 15 is 0 Å². The van der Waals surface area contributed by atoms with Crippen molar-refractivity contribution in [2.45, 2.75) is 19.8 Å². The van der Waals surface area contributed by atoms with Crippen LogP contribution >= 0.6 is 22.6 Å². The normalized spacial score (nSPS) is 10.6. The van der Waals surface area contributed by atoms with E-state index in [2.05, 4.69) is 20.6 Å². The second-order valence-electron chi connectivity index (χ2n) is 5.99. The summed E-state index contributed by atoms with van der Waals surface area (Å²) in [5.74, 6) is 1.68. The van der Waals surface area contributed by atoms with Gasteiger partial charge in [-0.2, -0.15) is 5.21 Å². The van der Waals surface area contributed by atoms with Gasteiger partial charge in [-0.25, -0.2) is 0 Å². The van der Waals surface area contributed by atoms with Crippen LogP contribution < -0.4 is 9.47 Å². The van der Waals surface area contributed by atoms with Gasteiger partial charge in [0.25, 0.3) is 0 Å². The molecule has 0 bridgehead atoms. The van der Waals surface area contributed by atoms with Crippen LogP contribution in [-0.2, 0) is 0 Å². The molecule has 28 heavy (non-hydrogen) atoms. The summed E-state index contributed by atoms with van der Waals surface area (Å²) in [5.41, 5.74) is 1.17. The lowest BCUT2D eigenvalue weighted by molar-refractivity contribution is 0.101. The molecule has 0 unspecified atom stereocenters. The van der Waals surface area contributed by atoms with Gasteiger partial charge in [-0.05, 0) is 84.0 Å². The Hall–Kier alpha value is -2.69. The van der Waals surface area contributed by atoms with Gasteiger partial charge in [-0.1, -0.05) is 0 Å². The van der Waals surface area contributed by atoms with Crippen LogP contribution in [0.1, 0.15) is 30.1 Å². The predicted octanol–water partition coefficient (Wildman–Crippen LogP) is 3.62. The smallest absolute Gasteiger partial charge is 0.204 e. The lowest BCUT2D eigenvalue weighted by Gasteiger charge is -2.11. The number of ketones is 1. The number of nitrogens with one attached hydrogen (secondary N) is 1. The zero-order valence-electron chi connectivity index (χ0n) is 15.2.